The van der Waals surface area contributed by atoms with Gasteiger partial charge in [-0.2, -0.15) is 5.10 Å². The molecule has 0 aliphatic heterocycles. The number of H-pyrrole nitrogens is 1. The Hall–Kier alpha value is -2.37. The van der Waals surface area contributed by atoms with Crippen molar-refractivity contribution in [1.29, 1.82) is 0 Å². The number of anilines is 1. The highest BCUT2D eigenvalue weighted by Crippen LogP contribution is 2.23. The molecule has 3 rings (SSSR count). The van der Waals surface area contributed by atoms with Gasteiger partial charge in [0.2, 0.25) is 5.91 Å². The molecule has 1 amide bonds. The Morgan fingerprint density at radius 3 is 2.71 bits per heavy atom. The van der Waals surface area contributed by atoms with Gasteiger partial charge in [0.25, 0.3) is 0 Å². The van der Waals surface area contributed by atoms with Crippen molar-refractivity contribution in [3.05, 3.63) is 63.9 Å². The quantitative estimate of drug-likeness (QED) is 0.729. The normalized spacial score (nSPS) is 10.6. The standard InChI is InChI=1S/C17H14Cl2N4O/c1-10-20-17(23-22-10)12-3-2-4-13(9-12)21-16(24)8-11-5-6-14(18)15(19)7-11/h2-7,9H,8H2,1H3,(H,21,24)(H,20,22,23). The lowest BCUT2D eigenvalue weighted by Crippen LogP contribution is -2.14. The number of amides is 1. The van der Waals surface area contributed by atoms with Crippen molar-refractivity contribution in [2.45, 2.75) is 13.3 Å². The van der Waals surface area contributed by atoms with Crippen LogP contribution in [0.1, 0.15) is 11.4 Å². The van der Waals surface area contributed by atoms with E-state index < -0.39 is 0 Å². The Kier molecular flexibility index (Phi) is 4.83. The monoisotopic (exact) mass is 360 g/mol. The van der Waals surface area contributed by atoms with Crippen LogP contribution in [-0.4, -0.2) is 21.1 Å². The van der Waals surface area contributed by atoms with Gasteiger partial charge in [0.1, 0.15) is 5.82 Å². The molecule has 0 atom stereocenters. The van der Waals surface area contributed by atoms with Crippen LogP contribution in [0.5, 0.6) is 0 Å². The SMILES string of the molecule is Cc1nc(-c2cccc(NC(=O)Cc3ccc(Cl)c(Cl)c3)c2)n[nH]1. The van der Waals surface area contributed by atoms with E-state index in [1.54, 1.807) is 18.2 Å². The molecule has 0 fully saturated rings. The van der Waals surface area contributed by atoms with Crippen LogP contribution >= 0.6 is 23.2 Å². The maximum absolute atomic E-state index is 12.2. The van der Waals surface area contributed by atoms with E-state index in [1.165, 1.54) is 0 Å². The number of aromatic amines is 1. The van der Waals surface area contributed by atoms with Gasteiger partial charge in [-0.1, -0.05) is 41.4 Å². The smallest absolute Gasteiger partial charge is 0.228 e. The molecule has 0 bridgehead atoms. The highest BCUT2D eigenvalue weighted by Gasteiger charge is 2.08. The zero-order valence-electron chi connectivity index (χ0n) is 12.8. The molecular formula is C17H14Cl2N4O. The Morgan fingerprint density at radius 1 is 1.17 bits per heavy atom. The van der Waals surface area contributed by atoms with Gasteiger partial charge < -0.3 is 5.32 Å². The number of rotatable bonds is 4. The summed E-state index contributed by atoms with van der Waals surface area (Å²) in [7, 11) is 0. The Balaban J connectivity index is 1.71. The zero-order chi connectivity index (χ0) is 17.1. The highest BCUT2D eigenvalue weighted by molar-refractivity contribution is 6.42. The number of benzene rings is 2. The lowest BCUT2D eigenvalue weighted by atomic mass is 10.1. The van der Waals surface area contributed by atoms with Crippen molar-refractivity contribution in [2.75, 3.05) is 5.32 Å². The van der Waals surface area contributed by atoms with Crippen molar-refractivity contribution in [3.8, 4) is 11.4 Å². The summed E-state index contributed by atoms with van der Waals surface area (Å²) < 4.78 is 0. The van der Waals surface area contributed by atoms with E-state index >= 15 is 0 Å². The van der Waals surface area contributed by atoms with Crippen LogP contribution in [0.25, 0.3) is 11.4 Å². The van der Waals surface area contributed by atoms with Crippen LogP contribution in [0.15, 0.2) is 42.5 Å². The second-order valence-corrected chi connectivity index (χ2v) is 6.11. The van der Waals surface area contributed by atoms with E-state index in [0.29, 0.717) is 21.6 Å². The number of nitrogens with one attached hydrogen (secondary N) is 2. The Labute approximate surface area is 149 Å². The van der Waals surface area contributed by atoms with E-state index in [9.17, 15) is 4.79 Å². The van der Waals surface area contributed by atoms with Gasteiger partial charge in [-0.05, 0) is 36.8 Å². The largest absolute Gasteiger partial charge is 0.326 e. The van der Waals surface area contributed by atoms with Gasteiger partial charge in [-0.3, -0.25) is 9.89 Å². The van der Waals surface area contributed by atoms with Crippen LogP contribution in [0.4, 0.5) is 5.69 Å². The average molecular weight is 361 g/mol. The summed E-state index contributed by atoms with van der Waals surface area (Å²) >= 11 is 11.8. The molecule has 0 aliphatic carbocycles. The van der Waals surface area contributed by atoms with Crippen LogP contribution in [0.2, 0.25) is 10.0 Å². The molecule has 1 heterocycles. The maximum atomic E-state index is 12.2. The number of carbonyl (C=O) groups excluding carboxylic acids is 1. The highest BCUT2D eigenvalue weighted by atomic mass is 35.5. The Bertz CT molecular complexity index is 892. The van der Waals surface area contributed by atoms with E-state index in [2.05, 4.69) is 20.5 Å². The minimum atomic E-state index is -0.142. The van der Waals surface area contributed by atoms with Crippen molar-refractivity contribution in [3.63, 3.8) is 0 Å². The van der Waals surface area contributed by atoms with E-state index in [1.807, 2.05) is 31.2 Å². The Morgan fingerprint density at radius 2 is 2.00 bits per heavy atom. The average Bonchev–Trinajstić information content (AvgIpc) is 2.98. The molecule has 0 saturated carbocycles. The van der Waals surface area contributed by atoms with Gasteiger partial charge in [0.15, 0.2) is 5.82 Å². The number of hydrogen-bond donors (Lipinski definition) is 2. The summed E-state index contributed by atoms with van der Waals surface area (Å²) in [5.41, 5.74) is 2.30. The predicted molar refractivity (Wildman–Crippen MR) is 95.4 cm³/mol. The third kappa shape index (κ3) is 3.93. The molecule has 2 aromatic carbocycles. The second kappa shape index (κ2) is 7.03. The molecule has 0 aliphatic rings. The molecule has 1 aromatic heterocycles. The van der Waals surface area contributed by atoms with Gasteiger partial charge >= 0.3 is 0 Å². The van der Waals surface area contributed by atoms with Gasteiger partial charge in [-0.15, -0.1) is 0 Å². The first kappa shape index (κ1) is 16.5. The van der Waals surface area contributed by atoms with Crippen molar-refractivity contribution in [2.24, 2.45) is 0 Å². The van der Waals surface area contributed by atoms with E-state index in [-0.39, 0.29) is 12.3 Å². The fourth-order valence-corrected chi connectivity index (χ4v) is 2.57. The molecule has 0 unspecified atom stereocenters. The van der Waals surface area contributed by atoms with Gasteiger partial charge in [0.05, 0.1) is 16.5 Å². The van der Waals surface area contributed by atoms with Crippen molar-refractivity contribution >= 4 is 34.8 Å². The summed E-state index contributed by atoms with van der Waals surface area (Å²) in [6.45, 7) is 1.83. The lowest BCUT2D eigenvalue weighted by Gasteiger charge is -2.07. The van der Waals surface area contributed by atoms with Crippen molar-refractivity contribution in [1.82, 2.24) is 15.2 Å². The first-order valence-corrected chi connectivity index (χ1v) is 8.00. The zero-order valence-corrected chi connectivity index (χ0v) is 14.3. The number of nitrogens with zero attached hydrogens (tertiary/aromatic N) is 2. The minimum absolute atomic E-state index is 0.142. The van der Waals surface area contributed by atoms with E-state index in [4.69, 9.17) is 23.2 Å². The molecule has 0 spiro atoms. The summed E-state index contributed by atoms with van der Waals surface area (Å²) in [5, 5.41) is 10.7. The van der Waals surface area contributed by atoms with Crippen molar-refractivity contribution < 1.29 is 4.79 Å². The predicted octanol–water partition coefficient (Wildman–Crippen LogP) is 4.27. The number of carbonyl (C=O) groups is 1. The van der Waals surface area contributed by atoms with Crippen LogP contribution in [0.3, 0.4) is 0 Å². The lowest BCUT2D eigenvalue weighted by molar-refractivity contribution is -0.115. The third-order valence-corrected chi connectivity index (χ3v) is 4.09. The summed E-state index contributed by atoms with van der Waals surface area (Å²) in [5.74, 6) is 1.18. The molecule has 0 radical (unpaired) electrons. The molecule has 5 nitrogen and oxygen atoms in total. The van der Waals surface area contributed by atoms with Crippen LogP contribution < -0.4 is 5.32 Å². The van der Waals surface area contributed by atoms with Gasteiger partial charge in [0, 0.05) is 11.3 Å². The fourth-order valence-electron chi connectivity index (χ4n) is 2.25. The molecule has 2 N–H and O–H groups in total. The van der Waals surface area contributed by atoms with E-state index in [0.717, 1.165) is 17.0 Å². The first-order valence-electron chi connectivity index (χ1n) is 7.24. The second-order valence-electron chi connectivity index (χ2n) is 5.30. The number of halogens is 2. The number of hydrogen-bond acceptors (Lipinski definition) is 3. The summed E-state index contributed by atoms with van der Waals surface area (Å²) in [6.07, 6.45) is 0.209. The maximum Gasteiger partial charge on any atom is 0.228 e. The fraction of sp³-hybridized carbons (Fsp3) is 0.118. The number of aryl methyl sites for hydroxylation is 1. The van der Waals surface area contributed by atoms with Crippen LogP contribution in [0, 0.1) is 6.92 Å². The first-order chi connectivity index (χ1) is 11.5. The van der Waals surface area contributed by atoms with Crippen LogP contribution in [-0.2, 0) is 11.2 Å². The molecular weight excluding hydrogens is 347 g/mol. The summed E-state index contributed by atoms with van der Waals surface area (Å²) in [6, 6.07) is 12.5. The molecule has 3 aromatic rings. The molecule has 7 heteroatoms. The molecule has 24 heavy (non-hydrogen) atoms. The molecule has 122 valence electrons. The van der Waals surface area contributed by atoms with Gasteiger partial charge in [-0.25, -0.2) is 4.98 Å². The minimum Gasteiger partial charge on any atom is -0.326 e. The number of aromatic nitrogens is 3. The molecule has 0 saturated heterocycles. The summed E-state index contributed by atoms with van der Waals surface area (Å²) in [4.78, 5) is 16.5. The topological polar surface area (TPSA) is 70.7 Å². The third-order valence-electron chi connectivity index (χ3n) is 3.35.